The number of halogens is 1. The van der Waals surface area contributed by atoms with Crippen molar-refractivity contribution in [2.45, 2.75) is 32.8 Å². The zero-order valence-corrected chi connectivity index (χ0v) is 12.8. The molecule has 0 unspecified atom stereocenters. The van der Waals surface area contributed by atoms with Crippen molar-refractivity contribution in [3.63, 3.8) is 0 Å². The summed E-state index contributed by atoms with van der Waals surface area (Å²) in [7, 11) is 0. The summed E-state index contributed by atoms with van der Waals surface area (Å²) < 4.78 is 8.30. The first-order chi connectivity index (χ1) is 8.35. The molecule has 96 valence electrons. The van der Waals surface area contributed by atoms with Crippen molar-refractivity contribution in [2.75, 3.05) is 0 Å². The van der Waals surface area contributed by atoms with Gasteiger partial charge in [0.1, 0.15) is 11.2 Å². The Bertz CT molecular complexity index is 584. The molecule has 0 bridgehead atoms. The third kappa shape index (κ3) is 3.22. The number of aromatic nitrogens is 2. The average molecular weight is 358 g/mol. The third-order valence-corrected chi connectivity index (χ3v) is 3.12. The van der Waals surface area contributed by atoms with Gasteiger partial charge in [-0.2, -0.15) is 0 Å². The SMILES string of the molecule is CC(C)(C)OC(=O)Cc1cn2c(I)cccc2n1. The fraction of sp³-hybridized carbons (Fsp3) is 0.385. The molecule has 0 aliphatic carbocycles. The number of esters is 1. The van der Waals surface area contributed by atoms with E-state index in [-0.39, 0.29) is 12.4 Å². The Morgan fingerprint density at radius 3 is 2.78 bits per heavy atom. The smallest absolute Gasteiger partial charge is 0.312 e. The summed E-state index contributed by atoms with van der Waals surface area (Å²) in [6.07, 6.45) is 2.08. The Morgan fingerprint density at radius 1 is 1.44 bits per heavy atom. The van der Waals surface area contributed by atoms with E-state index in [2.05, 4.69) is 27.6 Å². The second-order valence-electron chi connectivity index (χ2n) is 5.07. The lowest BCUT2D eigenvalue weighted by atomic mass is 10.2. The summed E-state index contributed by atoms with van der Waals surface area (Å²) >= 11 is 2.23. The molecule has 2 aromatic rings. The standard InChI is InChI=1S/C13H15IN2O2/c1-13(2,3)18-12(17)7-9-8-16-10(14)5-4-6-11(16)15-9/h4-6,8H,7H2,1-3H3. The quantitative estimate of drug-likeness (QED) is 0.471. The number of pyridine rings is 1. The number of nitrogens with zero attached hydrogens (tertiary/aromatic N) is 2. The van der Waals surface area contributed by atoms with Crippen molar-refractivity contribution in [1.29, 1.82) is 0 Å². The van der Waals surface area contributed by atoms with Crippen LogP contribution < -0.4 is 0 Å². The summed E-state index contributed by atoms with van der Waals surface area (Å²) in [6, 6.07) is 5.86. The van der Waals surface area contributed by atoms with Crippen molar-refractivity contribution in [1.82, 2.24) is 9.38 Å². The van der Waals surface area contributed by atoms with Gasteiger partial charge in [0, 0.05) is 6.20 Å². The second-order valence-corrected chi connectivity index (χ2v) is 6.18. The predicted octanol–water partition coefficient (Wildman–Crippen LogP) is 2.82. The molecule has 0 aromatic carbocycles. The maximum Gasteiger partial charge on any atom is 0.312 e. The first kappa shape index (κ1) is 13.3. The number of hydrogen-bond donors (Lipinski definition) is 0. The highest BCUT2D eigenvalue weighted by atomic mass is 127. The lowest BCUT2D eigenvalue weighted by molar-refractivity contribution is -0.153. The number of imidazole rings is 1. The molecule has 5 heteroatoms. The lowest BCUT2D eigenvalue weighted by Gasteiger charge is -2.18. The second kappa shape index (κ2) is 4.87. The van der Waals surface area contributed by atoms with Gasteiger partial charge in [-0.05, 0) is 55.5 Å². The molecule has 4 nitrogen and oxygen atoms in total. The van der Waals surface area contributed by atoms with Crippen molar-refractivity contribution < 1.29 is 9.53 Å². The van der Waals surface area contributed by atoms with E-state index in [0.29, 0.717) is 0 Å². The van der Waals surface area contributed by atoms with E-state index in [9.17, 15) is 4.79 Å². The summed E-state index contributed by atoms with van der Waals surface area (Å²) in [4.78, 5) is 16.1. The first-order valence-corrected chi connectivity index (χ1v) is 6.77. The zero-order valence-electron chi connectivity index (χ0n) is 10.6. The summed E-state index contributed by atoms with van der Waals surface area (Å²) in [5, 5.41) is 0. The monoisotopic (exact) mass is 358 g/mol. The molecule has 2 aromatic heterocycles. The van der Waals surface area contributed by atoms with Gasteiger partial charge in [-0.3, -0.25) is 9.20 Å². The predicted molar refractivity (Wildman–Crippen MR) is 77.5 cm³/mol. The highest BCUT2D eigenvalue weighted by Gasteiger charge is 2.17. The van der Waals surface area contributed by atoms with Crippen LogP contribution in [-0.2, 0) is 16.0 Å². The van der Waals surface area contributed by atoms with E-state index >= 15 is 0 Å². The lowest BCUT2D eigenvalue weighted by Crippen LogP contribution is -2.24. The molecular weight excluding hydrogens is 343 g/mol. The van der Waals surface area contributed by atoms with Gasteiger partial charge in [-0.15, -0.1) is 0 Å². The summed E-state index contributed by atoms with van der Waals surface area (Å²) in [6.45, 7) is 5.58. The largest absolute Gasteiger partial charge is 0.460 e. The molecule has 0 aliphatic rings. The third-order valence-electron chi connectivity index (χ3n) is 2.24. The number of carbonyl (C=O) groups excluding carboxylic acids is 1. The van der Waals surface area contributed by atoms with E-state index < -0.39 is 5.60 Å². The van der Waals surface area contributed by atoms with E-state index in [1.54, 1.807) is 0 Å². The van der Waals surface area contributed by atoms with Crippen LogP contribution in [0, 0.1) is 3.70 Å². The van der Waals surface area contributed by atoms with E-state index in [0.717, 1.165) is 15.0 Å². The van der Waals surface area contributed by atoms with Gasteiger partial charge in [-0.1, -0.05) is 6.07 Å². The average Bonchev–Trinajstić information content (AvgIpc) is 2.58. The van der Waals surface area contributed by atoms with Gasteiger partial charge in [0.2, 0.25) is 0 Å². The Hall–Kier alpha value is -1.11. The highest BCUT2D eigenvalue weighted by Crippen LogP contribution is 2.13. The minimum Gasteiger partial charge on any atom is -0.460 e. The molecule has 2 rings (SSSR count). The Morgan fingerprint density at radius 2 is 2.17 bits per heavy atom. The summed E-state index contributed by atoms with van der Waals surface area (Å²) in [5.74, 6) is -0.249. The van der Waals surface area contributed by atoms with Crippen LogP contribution in [0.4, 0.5) is 0 Å². The number of hydrogen-bond acceptors (Lipinski definition) is 3. The molecule has 0 amide bonds. The molecule has 0 fully saturated rings. The molecular formula is C13H15IN2O2. The van der Waals surface area contributed by atoms with E-state index in [1.807, 2.05) is 49.6 Å². The molecule has 0 N–H and O–H groups in total. The molecule has 0 radical (unpaired) electrons. The minimum atomic E-state index is -0.454. The number of carbonyl (C=O) groups is 1. The van der Waals surface area contributed by atoms with Gasteiger partial charge in [0.25, 0.3) is 0 Å². The molecule has 18 heavy (non-hydrogen) atoms. The molecule has 0 aliphatic heterocycles. The van der Waals surface area contributed by atoms with Gasteiger partial charge < -0.3 is 4.74 Å². The maximum absolute atomic E-state index is 11.7. The van der Waals surface area contributed by atoms with Crippen LogP contribution in [0.2, 0.25) is 0 Å². The normalized spacial score (nSPS) is 11.8. The fourth-order valence-corrected chi connectivity index (χ4v) is 2.23. The Balaban J connectivity index is 2.18. The highest BCUT2D eigenvalue weighted by molar-refractivity contribution is 14.1. The number of fused-ring (bicyclic) bond motifs is 1. The van der Waals surface area contributed by atoms with Crippen LogP contribution in [0.3, 0.4) is 0 Å². The fourth-order valence-electron chi connectivity index (χ4n) is 1.64. The van der Waals surface area contributed by atoms with Crippen LogP contribution in [0.1, 0.15) is 26.5 Å². The van der Waals surface area contributed by atoms with Crippen LogP contribution in [0.15, 0.2) is 24.4 Å². The van der Waals surface area contributed by atoms with Crippen molar-refractivity contribution in [3.8, 4) is 0 Å². The van der Waals surface area contributed by atoms with Crippen LogP contribution in [-0.4, -0.2) is 21.0 Å². The van der Waals surface area contributed by atoms with E-state index in [1.165, 1.54) is 0 Å². The van der Waals surface area contributed by atoms with Gasteiger partial charge in [0.05, 0.1) is 15.8 Å². The van der Waals surface area contributed by atoms with Crippen LogP contribution in [0.5, 0.6) is 0 Å². The zero-order chi connectivity index (χ0) is 13.3. The molecule has 0 saturated carbocycles. The van der Waals surface area contributed by atoms with Gasteiger partial charge >= 0.3 is 5.97 Å². The van der Waals surface area contributed by atoms with Crippen LogP contribution >= 0.6 is 22.6 Å². The van der Waals surface area contributed by atoms with Gasteiger partial charge in [0.15, 0.2) is 0 Å². The first-order valence-electron chi connectivity index (χ1n) is 5.69. The number of ether oxygens (including phenoxy) is 1. The molecule has 0 spiro atoms. The van der Waals surface area contributed by atoms with Gasteiger partial charge in [-0.25, -0.2) is 4.98 Å². The van der Waals surface area contributed by atoms with E-state index in [4.69, 9.17) is 4.74 Å². The van der Waals surface area contributed by atoms with Crippen molar-refractivity contribution >= 4 is 34.2 Å². The Labute approximate surface area is 119 Å². The maximum atomic E-state index is 11.7. The molecule has 0 atom stereocenters. The van der Waals surface area contributed by atoms with Crippen LogP contribution in [0.25, 0.3) is 5.65 Å². The van der Waals surface area contributed by atoms with Crippen molar-refractivity contribution in [3.05, 3.63) is 33.8 Å². The minimum absolute atomic E-state index is 0.203. The molecule has 2 heterocycles. The Kier molecular flexibility index (Phi) is 3.61. The van der Waals surface area contributed by atoms with Crippen molar-refractivity contribution in [2.24, 2.45) is 0 Å². The summed E-state index contributed by atoms with van der Waals surface area (Å²) in [5.41, 5.74) is 1.12. The molecule has 0 saturated heterocycles. The topological polar surface area (TPSA) is 43.6 Å². The number of rotatable bonds is 2.